The van der Waals surface area contributed by atoms with Gasteiger partial charge in [0.15, 0.2) is 0 Å². The molecule has 0 fully saturated rings. The molecule has 0 aliphatic carbocycles. The van der Waals surface area contributed by atoms with Crippen molar-refractivity contribution in [2.24, 2.45) is 5.73 Å². The Labute approximate surface area is 182 Å². The molecule has 4 rings (SSSR count). The fraction of sp³-hybridized carbons (Fsp3) is 0.0435. The predicted octanol–water partition coefficient (Wildman–Crippen LogP) is 3.60. The minimum Gasteiger partial charge on any atom is -0.457 e. The highest BCUT2D eigenvalue weighted by atomic mass is 35.5. The number of rotatable bonds is 5. The number of imide groups is 1. The van der Waals surface area contributed by atoms with Crippen LogP contribution in [0, 0.1) is 0 Å². The highest BCUT2D eigenvalue weighted by Gasteiger charge is 2.37. The van der Waals surface area contributed by atoms with Crippen LogP contribution in [0.5, 0.6) is 0 Å². The van der Waals surface area contributed by atoms with Gasteiger partial charge < -0.3 is 10.5 Å². The molecule has 0 unspecified atom stereocenters. The van der Waals surface area contributed by atoms with E-state index in [0.717, 1.165) is 4.90 Å². The Hall–Kier alpha value is -3.97. The van der Waals surface area contributed by atoms with Crippen LogP contribution in [0.1, 0.15) is 47.0 Å². The van der Waals surface area contributed by atoms with Crippen LogP contribution >= 0.6 is 11.6 Å². The van der Waals surface area contributed by atoms with Gasteiger partial charge in [-0.1, -0.05) is 23.7 Å². The molecule has 1 heterocycles. The molecule has 3 aromatic carbocycles. The molecule has 2 N–H and O–H groups in total. The van der Waals surface area contributed by atoms with Crippen molar-refractivity contribution in [3.63, 3.8) is 0 Å². The molecule has 0 bridgehead atoms. The fourth-order valence-corrected chi connectivity index (χ4v) is 3.37. The van der Waals surface area contributed by atoms with Gasteiger partial charge in [-0.05, 0) is 60.2 Å². The molecule has 3 amide bonds. The summed E-state index contributed by atoms with van der Waals surface area (Å²) < 4.78 is 5.28. The molecule has 0 atom stereocenters. The first-order chi connectivity index (χ1) is 14.8. The third kappa shape index (κ3) is 3.91. The number of nitrogens with two attached hydrogens (primary N) is 1. The normalized spacial score (nSPS) is 12.6. The Kier molecular flexibility index (Phi) is 5.27. The molecule has 3 aromatic rings. The summed E-state index contributed by atoms with van der Waals surface area (Å²) >= 11 is 5.87. The average molecular weight is 435 g/mol. The SMILES string of the molecule is NC(=O)c1cccc(COC(=O)c2ccc3c(c2)C(=O)N(c2ccc(Cl)cc2)C3=O)c1. The Balaban J connectivity index is 1.53. The number of benzene rings is 3. The number of hydrogen-bond donors (Lipinski definition) is 1. The maximum atomic E-state index is 12.8. The van der Waals surface area contributed by atoms with E-state index < -0.39 is 23.7 Å². The van der Waals surface area contributed by atoms with Gasteiger partial charge >= 0.3 is 5.97 Å². The van der Waals surface area contributed by atoms with Crippen molar-refractivity contribution >= 4 is 41.0 Å². The van der Waals surface area contributed by atoms with E-state index in [9.17, 15) is 19.2 Å². The molecule has 7 nitrogen and oxygen atoms in total. The van der Waals surface area contributed by atoms with Crippen LogP contribution in [-0.2, 0) is 11.3 Å². The van der Waals surface area contributed by atoms with Crippen molar-refractivity contribution in [3.8, 4) is 0 Å². The largest absolute Gasteiger partial charge is 0.457 e. The van der Waals surface area contributed by atoms with Crippen LogP contribution in [0.3, 0.4) is 0 Å². The lowest BCUT2D eigenvalue weighted by molar-refractivity contribution is 0.0472. The van der Waals surface area contributed by atoms with E-state index in [4.69, 9.17) is 22.1 Å². The lowest BCUT2D eigenvalue weighted by atomic mass is 10.1. The fourth-order valence-electron chi connectivity index (χ4n) is 3.24. The smallest absolute Gasteiger partial charge is 0.338 e. The average Bonchev–Trinajstić information content (AvgIpc) is 3.02. The van der Waals surface area contributed by atoms with E-state index >= 15 is 0 Å². The van der Waals surface area contributed by atoms with Gasteiger partial charge in [0.25, 0.3) is 11.8 Å². The second-order valence-corrected chi connectivity index (χ2v) is 7.26. The van der Waals surface area contributed by atoms with Crippen molar-refractivity contribution in [1.29, 1.82) is 0 Å². The Bertz CT molecular complexity index is 1240. The predicted molar refractivity (Wildman–Crippen MR) is 113 cm³/mol. The zero-order valence-electron chi connectivity index (χ0n) is 16.0. The number of carbonyl (C=O) groups is 4. The van der Waals surface area contributed by atoms with Crippen LogP contribution in [0.2, 0.25) is 5.02 Å². The molecule has 0 spiro atoms. The maximum absolute atomic E-state index is 12.8. The first-order valence-corrected chi connectivity index (χ1v) is 9.57. The number of anilines is 1. The van der Waals surface area contributed by atoms with Crippen molar-refractivity contribution in [1.82, 2.24) is 0 Å². The molecular formula is C23H15ClN2O5. The van der Waals surface area contributed by atoms with E-state index in [1.54, 1.807) is 42.5 Å². The highest BCUT2D eigenvalue weighted by Crippen LogP contribution is 2.30. The summed E-state index contributed by atoms with van der Waals surface area (Å²) in [5.41, 5.74) is 6.97. The van der Waals surface area contributed by atoms with Gasteiger partial charge in [0.1, 0.15) is 6.61 Å². The van der Waals surface area contributed by atoms with Crippen LogP contribution < -0.4 is 10.6 Å². The second-order valence-electron chi connectivity index (χ2n) is 6.82. The number of ether oxygens (including phenoxy) is 1. The molecule has 1 aliphatic rings. The summed E-state index contributed by atoms with van der Waals surface area (Å²) in [5.74, 6) is -2.27. The maximum Gasteiger partial charge on any atom is 0.338 e. The Morgan fingerprint density at radius 1 is 0.871 bits per heavy atom. The molecule has 31 heavy (non-hydrogen) atoms. The lowest BCUT2D eigenvalue weighted by Gasteiger charge is -2.13. The number of hydrogen-bond acceptors (Lipinski definition) is 5. The minimum atomic E-state index is -0.669. The summed E-state index contributed by atoms with van der Waals surface area (Å²) in [6.45, 7) is -0.0825. The van der Waals surface area contributed by atoms with E-state index in [0.29, 0.717) is 21.8 Å². The molecule has 0 saturated carbocycles. The van der Waals surface area contributed by atoms with E-state index in [-0.39, 0.29) is 23.3 Å². The molecule has 1 aliphatic heterocycles. The van der Waals surface area contributed by atoms with Crippen LogP contribution in [-0.4, -0.2) is 23.7 Å². The summed E-state index contributed by atoms with van der Waals surface area (Å²) in [7, 11) is 0. The van der Waals surface area contributed by atoms with E-state index in [2.05, 4.69) is 0 Å². The minimum absolute atomic E-state index is 0.0825. The van der Waals surface area contributed by atoms with Crippen molar-refractivity contribution in [3.05, 3.63) is 99.6 Å². The number of amides is 3. The van der Waals surface area contributed by atoms with Crippen LogP contribution in [0.15, 0.2) is 66.7 Å². The third-order valence-electron chi connectivity index (χ3n) is 4.79. The highest BCUT2D eigenvalue weighted by molar-refractivity contribution is 6.35. The van der Waals surface area contributed by atoms with Gasteiger partial charge in [-0.15, -0.1) is 0 Å². The third-order valence-corrected chi connectivity index (χ3v) is 5.04. The first-order valence-electron chi connectivity index (χ1n) is 9.19. The molecule has 0 aromatic heterocycles. The number of primary amides is 1. The summed E-state index contributed by atoms with van der Waals surface area (Å²) in [4.78, 5) is 50.3. The van der Waals surface area contributed by atoms with Gasteiger partial charge in [0.05, 0.1) is 22.4 Å². The van der Waals surface area contributed by atoms with E-state index in [1.807, 2.05) is 0 Å². The number of esters is 1. The number of nitrogens with zero attached hydrogens (tertiary/aromatic N) is 1. The molecule has 0 saturated heterocycles. The molecule has 8 heteroatoms. The standard InChI is InChI=1S/C23H15ClN2O5/c24-16-5-7-17(8-6-16)26-21(28)18-9-4-15(11-19(18)22(26)29)23(30)31-12-13-2-1-3-14(10-13)20(25)27/h1-11H,12H2,(H2,25,27). The van der Waals surface area contributed by atoms with Gasteiger partial charge in [0.2, 0.25) is 5.91 Å². The van der Waals surface area contributed by atoms with Gasteiger partial charge in [-0.25, -0.2) is 9.69 Å². The monoisotopic (exact) mass is 434 g/mol. The Morgan fingerprint density at radius 2 is 1.58 bits per heavy atom. The quantitative estimate of drug-likeness (QED) is 0.487. The molecular weight excluding hydrogens is 420 g/mol. The Morgan fingerprint density at radius 3 is 2.29 bits per heavy atom. The van der Waals surface area contributed by atoms with E-state index in [1.165, 1.54) is 24.3 Å². The molecule has 0 radical (unpaired) electrons. The first kappa shape index (κ1) is 20.3. The number of fused-ring (bicyclic) bond motifs is 1. The number of halogens is 1. The van der Waals surface area contributed by atoms with Crippen molar-refractivity contribution in [2.45, 2.75) is 6.61 Å². The van der Waals surface area contributed by atoms with Gasteiger partial charge in [0, 0.05) is 10.6 Å². The summed E-state index contributed by atoms with van der Waals surface area (Å²) in [6, 6.07) is 16.9. The van der Waals surface area contributed by atoms with Gasteiger partial charge in [-0.3, -0.25) is 14.4 Å². The second kappa shape index (κ2) is 8.04. The summed E-state index contributed by atoms with van der Waals surface area (Å²) in [6.07, 6.45) is 0. The van der Waals surface area contributed by atoms with Crippen LogP contribution in [0.25, 0.3) is 0 Å². The van der Waals surface area contributed by atoms with Gasteiger partial charge in [-0.2, -0.15) is 0 Å². The summed E-state index contributed by atoms with van der Waals surface area (Å²) in [5, 5.41) is 0.478. The topological polar surface area (TPSA) is 107 Å². The van der Waals surface area contributed by atoms with Crippen LogP contribution in [0.4, 0.5) is 5.69 Å². The van der Waals surface area contributed by atoms with Crippen molar-refractivity contribution < 1.29 is 23.9 Å². The molecule has 154 valence electrons. The van der Waals surface area contributed by atoms with Crippen molar-refractivity contribution in [2.75, 3.05) is 4.90 Å². The zero-order valence-corrected chi connectivity index (χ0v) is 16.8. The zero-order chi connectivity index (χ0) is 22.1. The number of carbonyl (C=O) groups excluding carboxylic acids is 4. The lowest BCUT2D eigenvalue weighted by Crippen LogP contribution is -2.29.